The van der Waals surface area contributed by atoms with Crippen molar-refractivity contribution in [3.05, 3.63) is 23.3 Å². The Morgan fingerprint density at radius 3 is 2.45 bits per heavy atom. The van der Waals surface area contributed by atoms with Crippen LogP contribution in [0.3, 0.4) is 0 Å². The van der Waals surface area contributed by atoms with Crippen LogP contribution in [0.2, 0.25) is 0 Å². The fraction of sp³-hybridized carbons (Fsp3) is 0.538. The molecule has 0 saturated carbocycles. The summed E-state index contributed by atoms with van der Waals surface area (Å²) < 4.78 is 55.1. The third-order valence-corrected chi connectivity index (χ3v) is 3.30. The molecule has 0 aliphatic carbocycles. The average Bonchev–Trinajstić information content (AvgIpc) is 2.46. The predicted octanol–water partition coefficient (Wildman–Crippen LogP) is 2.14. The number of nitrogens with one attached hydrogen (secondary N) is 1. The molecular weight excluding hydrogens is 275 g/mol. The van der Waals surface area contributed by atoms with Gasteiger partial charge in [0.15, 0.2) is 11.5 Å². The number of rotatable bonds is 1. The first kappa shape index (κ1) is 13.5. The number of benzene rings is 1. The summed E-state index contributed by atoms with van der Waals surface area (Å²) in [6.07, 6.45) is -4.78. The molecule has 7 heteroatoms. The van der Waals surface area contributed by atoms with E-state index in [1.165, 1.54) is 6.07 Å². The van der Waals surface area contributed by atoms with Crippen molar-refractivity contribution in [3.63, 3.8) is 0 Å². The highest BCUT2D eigenvalue weighted by Crippen LogP contribution is 2.46. The highest BCUT2D eigenvalue weighted by molar-refractivity contribution is 5.54. The standard InChI is InChI=1S/C13H14F3NO3/c14-13(15,16)9-2-1-8(10-7-17-3-4-18-10)11-12(9)20-6-5-19-11/h1-2,10,17H,3-7H2. The molecule has 1 unspecified atom stereocenters. The Morgan fingerprint density at radius 2 is 1.80 bits per heavy atom. The van der Waals surface area contributed by atoms with E-state index in [4.69, 9.17) is 14.2 Å². The van der Waals surface area contributed by atoms with Gasteiger partial charge in [-0.15, -0.1) is 0 Å². The van der Waals surface area contributed by atoms with Crippen LogP contribution >= 0.6 is 0 Å². The zero-order chi connectivity index (χ0) is 14.2. The number of morpholine rings is 1. The number of hydrogen-bond donors (Lipinski definition) is 1. The molecule has 0 amide bonds. The van der Waals surface area contributed by atoms with Crippen molar-refractivity contribution < 1.29 is 27.4 Å². The van der Waals surface area contributed by atoms with Crippen molar-refractivity contribution in [3.8, 4) is 11.5 Å². The molecule has 20 heavy (non-hydrogen) atoms. The molecule has 4 nitrogen and oxygen atoms in total. The summed E-state index contributed by atoms with van der Waals surface area (Å²) in [7, 11) is 0. The predicted molar refractivity (Wildman–Crippen MR) is 64.0 cm³/mol. The second-order valence-electron chi connectivity index (χ2n) is 4.62. The Morgan fingerprint density at radius 1 is 1.05 bits per heavy atom. The number of halogens is 3. The first-order valence-electron chi connectivity index (χ1n) is 6.39. The van der Waals surface area contributed by atoms with Gasteiger partial charge in [0.2, 0.25) is 0 Å². The van der Waals surface area contributed by atoms with Crippen LogP contribution in [0, 0.1) is 0 Å². The molecule has 1 fully saturated rings. The zero-order valence-electron chi connectivity index (χ0n) is 10.6. The minimum atomic E-state index is -4.46. The molecule has 0 bridgehead atoms. The molecule has 3 rings (SSSR count). The molecule has 2 aliphatic heterocycles. The SMILES string of the molecule is FC(F)(F)c1ccc(C2CNCCO2)c2c1OCCO2. The number of hydrogen-bond acceptors (Lipinski definition) is 4. The molecule has 1 aromatic carbocycles. The Hall–Kier alpha value is -1.47. The minimum Gasteiger partial charge on any atom is -0.486 e. The van der Waals surface area contributed by atoms with Gasteiger partial charge >= 0.3 is 6.18 Å². The summed E-state index contributed by atoms with van der Waals surface area (Å²) in [5.74, 6) is -0.0739. The van der Waals surface area contributed by atoms with Crippen LogP contribution in [0.1, 0.15) is 17.2 Å². The van der Waals surface area contributed by atoms with Crippen molar-refractivity contribution in [2.24, 2.45) is 0 Å². The topological polar surface area (TPSA) is 39.7 Å². The highest BCUT2D eigenvalue weighted by Gasteiger charge is 2.38. The van der Waals surface area contributed by atoms with E-state index in [2.05, 4.69) is 5.32 Å². The van der Waals surface area contributed by atoms with E-state index in [0.29, 0.717) is 18.7 Å². The third-order valence-electron chi connectivity index (χ3n) is 3.30. The molecule has 0 spiro atoms. The third kappa shape index (κ3) is 2.43. The van der Waals surface area contributed by atoms with Crippen LogP contribution in [0.5, 0.6) is 11.5 Å². The van der Waals surface area contributed by atoms with E-state index >= 15 is 0 Å². The molecule has 2 aliphatic rings. The minimum absolute atomic E-state index is 0.114. The van der Waals surface area contributed by atoms with Crippen LogP contribution < -0.4 is 14.8 Å². The van der Waals surface area contributed by atoms with E-state index in [-0.39, 0.29) is 30.8 Å². The average molecular weight is 289 g/mol. The molecule has 1 N–H and O–H groups in total. The molecule has 1 atom stereocenters. The zero-order valence-corrected chi connectivity index (χ0v) is 10.6. The summed E-state index contributed by atoms with van der Waals surface area (Å²) in [5, 5.41) is 3.14. The lowest BCUT2D eigenvalue weighted by atomic mass is 10.0. The van der Waals surface area contributed by atoms with Crippen molar-refractivity contribution >= 4 is 0 Å². The maximum atomic E-state index is 13.0. The Kier molecular flexibility index (Phi) is 3.47. The second-order valence-corrected chi connectivity index (χ2v) is 4.62. The van der Waals surface area contributed by atoms with E-state index in [1.54, 1.807) is 0 Å². The van der Waals surface area contributed by atoms with E-state index in [1.807, 2.05) is 0 Å². The molecule has 1 aromatic rings. The maximum Gasteiger partial charge on any atom is 0.420 e. The van der Waals surface area contributed by atoms with Crippen LogP contribution in [0.25, 0.3) is 0 Å². The molecule has 110 valence electrons. The lowest BCUT2D eigenvalue weighted by molar-refractivity contribution is -0.139. The lowest BCUT2D eigenvalue weighted by Gasteiger charge is -2.29. The molecule has 1 saturated heterocycles. The summed E-state index contributed by atoms with van der Waals surface area (Å²) in [6.45, 7) is 2.14. The Bertz CT molecular complexity index is 498. The summed E-state index contributed by atoms with van der Waals surface area (Å²) >= 11 is 0. The number of alkyl halides is 3. The van der Waals surface area contributed by atoms with E-state index in [0.717, 1.165) is 12.6 Å². The molecule has 2 heterocycles. The van der Waals surface area contributed by atoms with Crippen LogP contribution in [0.4, 0.5) is 13.2 Å². The van der Waals surface area contributed by atoms with Gasteiger partial charge in [-0.25, -0.2) is 0 Å². The van der Waals surface area contributed by atoms with Gasteiger partial charge in [0.25, 0.3) is 0 Å². The molecule has 0 radical (unpaired) electrons. The number of fused-ring (bicyclic) bond motifs is 1. The monoisotopic (exact) mass is 289 g/mol. The van der Waals surface area contributed by atoms with Gasteiger partial charge in [-0.1, -0.05) is 6.07 Å². The van der Waals surface area contributed by atoms with Crippen LogP contribution in [0.15, 0.2) is 12.1 Å². The summed E-state index contributed by atoms with van der Waals surface area (Å²) in [4.78, 5) is 0. The van der Waals surface area contributed by atoms with Crippen LogP contribution in [-0.2, 0) is 10.9 Å². The summed E-state index contributed by atoms with van der Waals surface area (Å²) in [5.41, 5.74) is -0.209. The van der Waals surface area contributed by atoms with Gasteiger partial charge < -0.3 is 19.5 Å². The molecule has 0 aromatic heterocycles. The fourth-order valence-corrected chi connectivity index (χ4v) is 2.40. The van der Waals surface area contributed by atoms with Crippen molar-refractivity contribution in [1.82, 2.24) is 5.32 Å². The van der Waals surface area contributed by atoms with Crippen molar-refractivity contribution in [2.45, 2.75) is 12.3 Å². The Balaban J connectivity index is 2.04. The van der Waals surface area contributed by atoms with Gasteiger partial charge in [0.1, 0.15) is 18.8 Å². The number of ether oxygens (including phenoxy) is 3. The lowest BCUT2D eigenvalue weighted by Crippen LogP contribution is -2.34. The van der Waals surface area contributed by atoms with Gasteiger partial charge in [-0.05, 0) is 6.07 Å². The Labute approximate surface area is 113 Å². The summed E-state index contributed by atoms with van der Waals surface area (Å²) in [6, 6.07) is 2.44. The maximum absolute atomic E-state index is 13.0. The van der Waals surface area contributed by atoms with Crippen molar-refractivity contribution in [1.29, 1.82) is 0 Å². The molecular formula is C13H14F3NO3. The van der Waals surface area contributed by atoms with Crippen LogP contribution in [-0.4, -0.2) is 32.9 Å². The first-order valence-corrected chi connectivity index (χ1v) is 6.39. The fourth-order valence-electron chi connectivity index (χ4n) is 2.40. The van der Waals surface area contributed by atoms with Gasteiger partial charge in [-0.2, -0.15) is 13.2 Å². The normalized spacial score (nSPS) is 22.6. The van der Waals surface area contributed by atoms with E-state index < -0.39 is 11.7 Å². The van der Waals surface area contributed by atoms with Gasteiger partial charge in [0, 0.05) is 18.7 Å². The highest BCUT2D eigenvalue weighted by atomic mass is 19.4. The first-order chi connectivity index (χ1) is 9.57. The smallest absolute Gasteiger partial charge is 0.420 e. The van der Waals surface area contributed by atoms with E-state index in [9.17, 15) is 13.2 Å². The largest absolute Gasteiger partial charge is 0.486 e. The quantitative estimate of drug-likeness (QED) is 0.860. The second kappa shape index (κ2) is 5.14. The van der Waals surface area contributed by atoms with Gasteiger partial charge in [0.05, 0.1) is 12.7 Å². The van der Waals surface area contributed by atoms with Crippen molar-refractivity contribution in [2.75, 3.05) is 32.9 Å². The van der Waals surface area contributed by atoms with Gasteiger partial charge in [-0.3, -0.25) is 0 Å².